The summed E-state index contributed by atoms with van der Waals surface area (Å²) in [6.07, 6.45) is 2.84. The van der Waals surface area contributed by atoms with Gasteiger partial charge in [-0.3, -0.25) is 4.57 Å². The Morgan fingerprint density at radius 1 is 1.19 bits per heavy atom. The maximum absolute atomic E-state index is 12.2. The minimum Gasteiger partial charge on any atom is -0.435 e. The molecule has 0 aliphatic heterocycles. The largest absolute Gasteiger partial charge is 0.435 e. The highest BCUT2D eigenvalue weighted by Gasteiger charge is 2.13. The number of imidazole rings is 1. The normalized spacial score (nSPS) is 12.3. The van der Waals surface area contributed by atoms with Crippen molar-refractivity contribution >= 4 is 11.8 Å². The molecular weight excluding hydrogens is 358 g/mol. The van der Waals surface area contributed by atoms with Crippen molar-refractivity contribution in [3.05, 3.63) is 72.1 Å². The van der Waals surface area contributed by atoms with Gasteiger partial charge in [-0.25, -0.2) is 4.98 Å². The Balaban J connectivity index is 1.65. The first kappa shape index (κ1) is 18.4. The van der Waals surface area contributed by atoms with Crippen LogP contribution in [0.4, 0.5) is 8.78 Å². The van der Waals surface area contributed by atoms with Crippen LogP contribution in [0.3, 0.4) is 0 Å². The zero-order valence-electron chi connectivity index (χ0n) is 14.0. The number of ether oxygens (including phenoxy) is 1. The number of hydrogen-bond donors (Lipinski definition) is 1. The second-order valence-electron chi connectivity index (χ2n) is 5.69. The van der Waals surface area contributed by atoms with Crippen molar-refractivity contribution in [1.29, 1.82) is 0 Å². The summed E-state index contributed by atoms with van der Waals surface area (Å²) in [5.74, 6) is 0.455. The minimum absolute atomic E-state index is 0.0681. The first-order chi connectivity index (χ1) is 12.5. The first-order valence-corrected chi connectivity index (χ1v) is 8.97. The van der Waals surface area contributed by atoms with E-state index in [1.54, 1.807) is 18.3 Å². The third-order valence-corrected chi connectivity index (χ3v) is 4.79. The van der Waals surface area contributed by atoms with E-state index < -0.39 is 12.7 Å². The predicted octanol–water partition coefficient (Wildman–Crippen LogP) is 4.61. The number of benzene rings is 2. The summed E-state index contributed by atoms with van der Waals surface area (Å²) in [6.45, 7) is -0.833. The van der Waals surface area contributed by atoms with E-state index in [0.717, 1.165) is 16.4 Å². The number of hydrogen-bond acceptors (Lipinski definition) is 4. The summed E-state index contributed by atoms with van der Waals surface area (Å²) in [7, 11) is 0. The summed E-state index contributed by atoms with van der Waals surface area (Å²) >= 11 is 1.42. The zero-order chi connectivity index (χ0) is 18.5. The Kier molecular flexibility index (Phi) is 5.90. The van der Waals surface area contributed by atoms with Gasteiger partial charge in [-0.1, -0.05) is 36.0 Å². The smallest absolute Gasteiger partial charge is 0.387 e. The molecule has 3 rings (SSSR count). The molecule has 0 saturated carbocycles. The SMILES string of the molecule is Cc1cccc(-n2ccnc2SCC(O)c2ccc(OC(F)F)cc2)c1. The molecule has 26 heavy (non-hydrogen) atoms. The van der Waals surface area contributed by atoms with E-state index in [1.807, 2.05) is 35.9 Å². The molecule has 1 heterocycles. The van der Waals surface area contributed by atoms with Crippen LogP contribution in [-0.4, -0.2) is 27.0 Å². The third kappa shape index (κ3) is 4.62. The van der Waals surface area contributed by atoms with Gasteiger partial charge >= 0.3 is 6.61 Å². The molecule has 0 amide bonds. The van der Waals surface area contributed by atoms with E-state index in [2.05, 4.69) is 15.8 Å². The van der Waals surface area contributed by atoms with Gasteiger partial charge in [-0.2, -0.15) is 8.78 Å². The highest BCUT2D eigenvalue weighted by molar-refractivity contribution is 7.99. The van der Waals surface area contributed by atoms with Gasteiger partial charge in [0.25, 0.3) is 0 Å². The number of aliphatic hydroxyl groups is 1. The number of aliphatic hydroxyl groups excluding tert-OH is 1. The molecule has 2 aromatic carbocycles. The van der Waals surface area contributed by atoms with Crippen molar-refractivity contribution in [1.82, 2.24) is 9.55 Å². The topological polar surface area (TPSA) is 47.3 Å². The predicted molar refractivity (Wildman–Crippen MR) is 97.1 cm³/mol. The van der Waals surface area contributed by atoms with Crippen molar-refractivity contribution in [3.8, 4) is 11.4 Å². The first-order valence-electron chi connectivity index (χ1n) is 7.99. The van der Waals surface area contributed by atoms with Crippen LogP contribution in [0.1, 0.15) is 17.2 Å². The molecule has 1 atom stereocenters. The van der Waals surface area contributed by atoms with Gasteiger partial charge in [0, 0.05) is 23.8 Å². The summed E-state index contributed by atoms with van der Waals surface area (Å²) in [6, 6.07) is 14.1. The van der Waals surface area contributed by atoms with Crippen molar-refractivity contribution < 1.29 is 18.6 Å². The average Bonchev–Trinajstić information content (AvgIpc) is 3.08. The van der Waals surface area contributed by atoms with E-state index in [9.17, 15) is 13.9 Å². The van der Waals surface area contributed by atoms with Gasteiger partial charge in [-0.15, -0.1) is 0 Å². The molecule has 0 spiro atoms. The number of alkyl halides is 2. The monoisotopic (exact) mass is 376 g/mol. The number of thioether (sulfide) groups is 1. The minimum atomic E-state index is -2.86. The Labute approximate surface area is 154 Å². The molecule has 3 aromatic rings. The molecule has 0 aliphatic carbocycles. The fourth-order valence-corrected chi connectivity index (χ4v) is 3.43. The molecule has 0 aliphatic rings. The van der Waals surface area contributed by atoms with Crippen LogP contribution in [0, 0.1) is 6.92 Å². The lowest BCUT2D eigenvalue weighted by molar-refractivity contribution is -0.0498. The van der Waals surface area contributed by atoms with Gasteiger partial charge in [0.15, 0.2) is 5.16 Å². The van der Waals surface area contributed by atoms with Crippen LogP contribution in [-0.2, 0) is 0 Å². The molecule has 7 heteroatoms. The zero-order valence-corrected chi connectivity index (χ0v) is 14.9. The maximum atomic E-state index is 12.2. The van der Waals surface area contributed by atoms with Crippen molar-refractivity contribution in [2.24, 2.45) is 0 Å². The van der Waals surface area contributed by atoms with E-state index in [1.165, 1.54) is 23.9 Å². The quantitative estimate of drug-likeness (QED) is 0.612. The number of halogens is 2. The molecule has 1 N–H and O–H groups in total. The van der Waals surface area contributed by atoms with Crippen molar-refractivity contribution in [2.45, 2.75) is 24.8 Å². The van der Waals surface area contributed by atoms with E-state index in [-0.39, 0.29) is 5.75 Å². The third-order valence-electron chi connectivity index (χ3n) is 3.75. The van der Waals surface area contributed by atoms with Crippen LogP contribution in [0.25, 0.3) is 5.69 Å². The Morgan fingerprint density at radius 3 is 2.65 bits per heavy atom. The highest BCUT2D eigenvalue weighted by atomic mass is 32.2. The van der Waals surface area contributed by atoms with Gasteiger partial charge < -0.3 is 9.84 Å². The second-order valence-corrected chi connectivity index (χ2v) is 6.68. The Bertz CT molecular complexity index is 853. The number of rotatable bonds is 7. The molecule has 4 nitrogen and oxygen atoms in total. The molecule has 0 radical (unpaired) electrons. The summed E-state index contributed by atoms with van der Waals surface area (Å²) < 4.78 is 30.6. The summed E-state index contributed by atoms with van der Waals surface area (Å²) in [4.78, 5) is 4.35. The van der Waals surface area contributed by atoms with Gasteiger partial charge in [0.2, 0.25) is 0 Å². The molecular formula is C19H18F2N2O2S. The lowest BCUT2D eigenvalue weighted by Gasteiger charge is -2.13. The molecule has 0 bridgehead atoms. The second kappa shape index (κ2) is 8.33. The van der Waals surface area contributed by atoms with Gasteiger partial charge in [-0.05, 0) is 42.3 Å². The molecule has 136 valence electrons. The van der Waals surface area contributed by atoms with Gasteiger partial charge in [0.05, 0.1) is 6.10 Å². The van der Waals surface area contributed by atoms with Crippen LogP contribution in [0.15, 0.2) is 66.1 Å². The van der Waals surface area contributed by atoms with E-state index in [4.69, 9.17) is 0 Å². The fourth-order valence-electron chi connectivity index (χ4n) is 2.49. The van der Waals surface area contributed by atoms with Crippen LogP contribution in [0.2, 0.25) is 0 Å². The number of nitrogens with zero attached hydrogens (tertiary/aromatic N) is 2. The lowest BCUT2D eigenvalue weighted by atomic mass is 10.1. The van der Waals surface area contributed by atoms with E-state index >= 15 is 0 Å². The Morgan fingerprint density at radius 2 is 1.96 bits per heavy atom. The van der Waals surface area contributed by atoms with Crippen LogP contribution < -0.4 is 4.74 Å². The standard InChI is InChI=1S/C19H18F2N2O2S/c1-13-3-2-4-15(11-13)23-10-9-22-19(23)26-12-17(24)14-5-7-16(8-6-14)25-18(20)21/h2-11,17-18,24H,12H2,1H3. The van der Waals surface area contributed by atoms with Gasteiger partial charge in [0.1, 0.15) is 5.75 Å². The van der Waals surface area contributed by atoms with Crippen molar-refractivity contribution in [2.75, 3.05) is 5.75 Å². The lowest BCUT2D eigenvalue weighted by Crippen LogP contribution is -2.04. The van der Waals surface area contributed by atoms with Crippen molar-refractivity contribution in [3.63, 3.8) is 0 Å². The number of aryl methyl sites for hydroxylation is 1. The molecule has 1 aromatic heterocycles. The van der Waals surface area contributed by atoms with E-state index in [0.29, 0.717) is 11.3 Å². The molecule has 0 fully saturated rings. The molecule has 1 unspecified atom stereocenters. The average molecular weight is 376 g/mol. The maximum Gasteiger partial charge on any atom is 0.387 e. The number of aromatic nitrogens is 2. The fraction of sp³-hybridized carbons (Fsp3) is 0.211. The highest BCUT2D eigenvalue weighted by Crippen LogP contribution is 2.27. The van der Waals surface area contributed by atoms with Crippen LogP contribution >= 0.6 is 11.8 Å². The molecule has 0 saturated heterocycles. The Hall–Kier alpha value is -2.38. The summed E-state index contributed by atoms with van der Waals surface area (Å²) in [5.41, 5.74) is 2.79. The van der Waals surface area contributed by atoms with Crippen LogP contribution in [0.5, 0.6) is 5.75 Å². The summed E-state index contributed by atoms with van der Waals surface area (Å²) in [5, 5.41) is 11.1.